The molecule has 2 aromatic carbocycles. The summed E-state index contributed by atoms with van der Waals surface area (Å²) in [6.07, 6.45) is 4.45. The van der Waals surface area contributed by atoms with Gasteiger partial charge in [0, 0.05) is 41.3 Å². The Morgan fingerprint density at radius 1 is 1.09 bits per heavy atom. The lowest BCUT2D eigenvalue weighted by Gasteiger charge is -2.17. The van der Waals surface area contributed by atoms with Crippen molar-refractivity contribution in [2.45, 2.75) is 12.5 Å². The van der Waals surface area contributed by atoms with Crippen molar-refractivity contribution in [1.82, 2.24) is 35.0 Å². The lowest BCUT2D eigenvalue weighted by molar-refractivity contribution is 0.0789. The first-order valence-electron chi connectivity index (χ1n) is 10.4. The average Bonchev–Trinajstić information content (AvgIpc) is 3.63. The highest BCUT2D eigenvalue weighted by molar-refractivity contribution is 6.06. The third-order valence-corrected chi connectivity index (χ3v) is 5.84. The molecule has 6 rings (SSSR count). The van der Waals surface area contributed by atoms with Crippen LogP contribution in [0.25, 0.3) is 33.9 Å². The molecule has 1 N–H and O–H groups in total. The molecule has 1 aliphatic heterocycles. The van der Waals surface area contributed by atoms with Crippen LogP contribution >= 0.6 is 0 Å². The molecule has 0 aliphatic carbocycles. The van der Waals surface area contributed by atoms with Crippen LogP contribution in [0.4, 0.5) is 0 Å². The molecule has 1 fully saturated rings. The topological polar surface area (TPSA) is 106 Å². The summed E-state index contributed by atoms with van der Waals surface area (Å²) in [5.41, 5.74) is 3.06. The first kappa shape index (κ1) is 18.5. The summed E-state index contributed by atoms with van der Waals surface area (Å²) >= 11 is 0. The number of hydrogen-bond acceptors (Lipinski definition) is 6. The van der Waals surface area contributed by atoms with Crippen LogP contribution in [0, 0.1) is 0 Å². The number of benzene rings is 2. The molecule has 158 valence electrons. The second kappa shape index (κ2) is 7.45. The summed E-state index contributed by atoms with van der Waals surface area (Å²) in [4.78, 5) is 22.6. The summed E-state index contributed by atoms with van der Waals surface area (Å²) in [6.45, 7) is 1.24. The molecule has 9 nitrogen and oxygen atoms in total. The van der Waals surface area contributed by atoms with E-state index in [1.807, 2.05) is 65.7 Å². The SMILES string of the molecule is O=C(c1cccc2[nH]ccc12)N1CC[C@@H](n2cc(-c3nc(-c4ccccc4)no3)nn2)C1. The fraction of sp³-hybridized carbons (Fsp3) is 0.174. The van der Waals surface area contributed by atoms with E-state index in [2.05, 4.69) is 25.4 Å². The van der Waals surface area contributed by atoms with Crippen LogP contribution in [0.1, 0.15) is 22.8 Å². The molecule has 0 radical (unpaired) electrons. The van der Waals surface area contributed by atoms with Crippen LogP contribution in [-0.2, 0) is 0 Å². The van der Waals surface area contributed by atoms with Crippen LogP contribution in [0.2, 0.25) is 0 Å². The van der Waals surface area contributed by atoms with Crippen molar-refractivity contribution >= 4 is 16.8 Å². The Balaban J connectivity index is 1.19. The van der Waals surface area contributed by atoms with Crippen molar-refractivity contribution in [1.29, 1.82) is 0 Å². The molecule has 0 unspecified atom stereocenters. The number of likely N-dealkylation sites (tertiary alicyclic amines) is 1. The maximum atomic E-state index is 13.1. The molecule has 5 aromatic rings. The lowest BCUT2D eigenvalue weighted by atomic mass is 10.1. The highest BCUT2D eigenvalue weighted by atomic mass is 16.5. The van der Waals surface area contributed by atoms with Gasteiger partial charge in [-0.3, -0.25) is 4.79 Å². The Morgan fingerprint density at radius 3 is 2.91 bits per heavy atom. The second-order valence-electron chi connectivity index (χ2n) is 7.81. The number of nitrogens with one attached hydrogen (secondary N) is 1. The van der Waals surface area contributed by atoms with Gasteiger partial charge in [0.05, 0.1) is 12.2 Å². The summed E-state index contributed by atoms with van der Waals surface area (Å²) in [7, 11) is 0. The van der Waals surface area contributed by atoms with Gasteiger partial charge in [0.2, 0.25) is 5.82 Å². The van der Waals surface area contributed by atoms with E-state index in [-0.39, 0.29) is 11.9 Å². The van der Waals surface area contributed by atoms with Crippen LogP contribution in [0.15, 0.2) is 71.5 Å². The Kier molecular flexibility index (Phi) is 4.31. The van der Waals surface area contributed by atoms with Crippen LogP contribution in [-0.4, -0.2) is 54.0 Å². The van der Waals surface area contributed by atoms with Gasteiger partial charge in [-0.2, -0.15) is 4.98 Å². The summed E-state index contributed by atoms with van der Waals surface area (Å²) < 4.78 is 7.17. The van der Waals surface area contributed by atoms with Crippen molar-refractivity contribution in [2.75, 3.05) is 13.1 Å². The minimum Gasteiger partial charge on any atom is -0.361 e. The van der Waals surface area contributed by atoms with E-state index >= 15 is 0 Å². The van der Waals surface area contributed by atoms with E-state index < -0.39 is 0 Å². The van der Waals surface area contributed by atoms with Gasteiger partial charge in [-0.1, -0.05) is 46.8 Å². The molecule has 32 heavy (non-hydrogen) atoms. The predicted octanol–water partition coefficient (Wildman–Crippen LogP) is 3.56. The lowest BCUT2D eigenvalue weighted by Crippen LogP contribution is -2.29. The van der Waals surface area contributed by atoms with Gasteiger partial charge in [0.25, 0.3) is 11.8 Å². The van der Waals surface area contributed by atoms with Gasteiger partial charge >= 0.3 is 0 Å². The van der Waals surface area contributed by atoms with E-state index in [9.17, 15) is 4.79 Å². The average molecular weight is 425 g/mol. The van der Waals surface area contributed by atoms with Crippen molar-refractivity contribution in [3.63, 3.8) is 0 Å². The first-order chi connectivity index (χ1) is 15.8. The number of carbonyl (C=O) groups excluding carboxylic acids is 1. The van der Waals surface area contributed by atoms with Gasteiger partial charge in [0.15, 0.2) is 5.69 Å². The molecule has 4 heterocycles. The number of amides is 1. The normalized spacial score (nSPS) is 16.1. The predicted molar refractivity (Wildman–Crippen MR) is 117 cm³/mol. The maximum absolute atomic E-state index is 13.1. The van der Waals surface area contributed by atoms with Crippen LogP contribution in [0.3, 0.4) is 0 Å². The monoisotopic (exact) mass is 425 g/mol. The number of aromatic amines is 1. The Hall–Kier alpha value is -4.27. The molecule has 9 heteroatoms. The number of hydrogen-bond donors (Lipinski definition) is 1. The van der Waals surface area contributed by atoms with Crippen molar-refractivity contribution in [3.8, 4) is 23.0 Å². The van der Waals surface area contributed by atoms with Gasteiger partial charge in [-0.15, -0.1) is 5.10 Å². The molecule has 3 aromatic heterocycles. The number of nitrogens with zero attached hydrogens (tertiary/aromatic N) is 6. The minimum absolute atomic E-state index is 0.0300. The second-order valence-corrected chi connectivity index (χ2v) is 7.81. The fourth-order valence-corrected chi connectivity index (χ4v) is 4.17. The quantitative estimate of drug-likeness (QED) is 0.472. The molecule has 1 atom stereocenters. The highest BCUT2D eigenvalue weighted by Crippen LogP contribution is 2.27. The molecule has 0 bridgehead atoms. The molecule has 1 aliphatic rings. The summed E-state index contributed by atoms with van der Waals surface area (Å²) in [5.74, 6) is 0.856. The number of carbonyl (C=O) groups is 1. The molecular weight excluding hydrogens is 406 g/mol. The molecule has 0 saturated carbocycles. The zero-order chi connectivity index (χ0) is 21.5. The van der Waals surface area contributed by atoms with Crippen molar-refractivity contribution < 1.29 is 9.32 Å². The van der Waals surface area contributed by atoms with E-state index in [0.29, 0.717) is 36.1 Å². The van der Waals surface area contributed by atoms with Gasteiger partial charge in [-0.25, -0.2) is 4.68 Å². The number of rotatable bonds is 4. The van der Waals surface area contributed by atoms with Gasteiger partial charge in [-0.05, 0) is 24.6 Å². The largest absolute Gasteiger partial charge is 0.361 e. The van der Waals surface area contributed by atoms with Gasteiger partial charge in [0.1, 0.15) is 0 Å². The number of H-pyrrole nitrogens is 1. The minimum atomic E-state index is 0.0300. The van der Waals surface area contributed by atoms with Crippen LogP contribution < -0.4 is 0 Å². The Bertz CT molecular complexity index is 1400. The smallest absolute Gasteiger partial charge is 0.280 e. The fourth-order valence-electron chi connectivity index (χ4n) is 4.17. The third kappa shape index (κ3) is 3.15. The third-order valence-electron chi connectivity index (χ3n) is 5.84. The van der Waals surface area contributed by atoms with Gasteiger partial charge < -0.3 is 14.4 Å². The zero-order valence-corrected chi connectivity index (χ0v) is 17.0. The molecule has 1 amide bonds. The van der Waals surface area contributed by atoms with Crippen molar-refractivity contribution in [2.24, 2.45) is 0 Å². The molecular formula is C23H19N7O2. The maximum Gasteiger partial charge on any atom is 0.280 e. The van der Waals surface area contributed by atoms with E-state index in [1.54, 1.807) is 10.9 Å². The zero-order valence-electron chi connectivity index (χ0n) is 17.0. The van der Waals surface area contributed by atoms with E-state index in [0.717, 1.165) is 22.9 Å². The summed E-state index contributed by atoms with van der Waals surface area (Å²) in [6, 6.07) is 17.3. The molecule has 1 saturated heterocycles. The Morgan fingerprint density at radius 2 is 2.00 bits per heavy atom. The Labute approximate surface area is 182 Å². The standard InChI is InChI=1S/C23H19N7O2/c31-23(18-7-4-8-19-17(18)9-11-24-19)29-12-10-16(13-29)30-14-20(26-28-30)22-25-21(27-32-22)15-5-2-1-3-6-15/h1-9,11,14,16,24H,10,12-13H2/t16-/m1/s1. The van der Waals surface area contributed by atoms with E-state index in [4.69, 9.17) is 4.52 Å². The number of fused-ring (bicyclic) bond motifs is 1. The highest BCUT2D eigenvalue weighted by Gasteiger charge is 2.30. The van der Waals surface area contributed by atoms with Crippen molar-refractivity contribution in [3.05, 3.63) is 72.6 Å². The summed E-state index contributed by atoms with van der Waals surface area (Å²) in [5, 5.41) is 13.4. The first-order valence-corrected chi connectivity index (χ1v) is 10.4. The molecule has 0 spiro atoms. The van der Waals surface area contributed by atoms with Crippen LogP contribution in [0.5, 0.6) is 0 Å². The number of aromatic nitrogens is 6. The van der Waals surface area contributed by atoms with E-state index in [1.165, 1.54) is 0 Å².